The summed E-state index contributed by atoms with van der Waals surface area (Å²) in [6.45, 7) is 2.82. The van der Waals surface area contributed by atoms with E-state index in [1.165, 1.54) is 0 Å². The molecular formula is C8H15N3O. The quantitative estimate of drug-likeness (QED) is 0.661. The Hall–Kier alpha value is -0.870. The van der Waals surface area contributed by atoms with Crippen molar-refractivity contribution in [1.82, 2.24) is 9.78 Å². The summed E-state index contributed by atoms with van der Waals surface area (Å²) in [5.74, 6) is 0. The van der Waals surface area contributed by atoms with Crippen molar-refractivity contribution in [3.63, 3.8) is 0 Å². The van der Waals surface area contributed by atoms with E-state index in [2.05, 4.69) is 5.10 Å². The second-order valence-corrected chi connectivity index (χ2v) is 2.93. The molecule has 1 heterocycles. The minimum atomic E-state index is -0.131. The molecular weight excluding hydrogens is 154 g/mol. The van der Waals surface area contributed by atoms with E-state index in [4.69, 9.17) is 10.8 Å². The van der Waals surface area contributed by atoms with Crippen LogP contribution in [0.3, 0.4) is 0 Å². The SMILES string of the molecule is Cc1ccnn1CCC(N)CO. The molecule has 0 aliphatic heterocycles. The van der Waals surface area contributed by atoms with Crippen molar-refractivity contribution in [2.45, 2.75) is 25.9 Å². The zero-order valence-electron chi connectivity index (χ0n) is 7.27. The summed E-state index contributed by atoms with van der Waals surface area (Å²) in [5.41, 5.74) is 6.67. The van der Waals surface area contributed by atoms with Gasteiger partial charge in [-0.2, -0.15) is 5.10 Å². The van der Waals surface area contributed by atoms with Gasteiger partial charge < -0.3 is 10.8 Å². The number of aliphatic hydroxyl groups excluding tert-OH is 1. The van der Waals surface area contributed by atoms with Gasteiger partial charge in [-0.3, -0.25) is 4.68 Å². The minimum Gasteiger partial charge on any atom is -0.395 e. The average Bonchev–Trinajstić information content (AvgIpc) is 2.47. The molecule has 0 aliphatic rings. The lowest BCUT2D eigenvalue weighted by molar-refractivity contribution is 0.254. The van der Waals surface area contributed by atoms with Gasteiger partial charge in [0.1, 0.15) is 0 Å². The molecule has 0 aromatic carbocycles. The van der Waals surface area contributed by atoms with Crippen LogP contribution in [0.25, 0.3) is 0 Å². The van der Waals surface area contributed by atoms with Crippen LogP contribution in [-0.2, 0) is 6.54 Å². The lowest BCUT2D eigenvalue weighted by Gasteiger charge is -2.08. The number of nitrogens with zero attached hydrogens (tertiary/aromatic N) is 2. The van der Waals surface area contributed by atoms with Gasteiger partial charge in [-0.1, -0.05) is 0 Å². The Morgan fingerprint density at radius 1 is 1.75 bits per heavy atom. The van der Waals surface area contributed by atoms with Crippen LogP contribution in [0.5, 0.6) is 0 Å². The summed E-state index contributed by atoms with van der Waals surface area (Å²) in [5, 5.41) is 12.8. The van der Waals surface area contributed by atoms with Crippen molar-refractivity contribution in [1.29, 1.82) is 0 Å². The average molecular weight is 169 g/mol. The monoisotopic (exact) mass is 169 g/mol. The van der Waals surface area contributed by atoms with E-state index in [1.54, 1.807) is 6.20 Å². The highest BCUT2D eigenvalue weighted by Gasteiger charge is 2.01. The van der Waals surface area contributed by atoms with E-state index in [-0.39, 0.29) is 12.6 Å². The van der Waals surface area contributed by atoms with Gasteiger partial charge in [-0.15, -0.1) is 0 Å². The highest BCUT2D eigenvalue weighted by atomic mass is 16.3. The van der Waals surface area contributed by atoms with Crippen molar-refractivity contribution in [3.8, 4) is 0 Å². The molecule has 0 spiro atoms. The fourth-order valence-electron chi connectivity index (χ4n) is 1.01. The molecule has 1 unspecified atom stereocenters. The van der Waals surface area contributed by atoms with Gasteiger partial charge >= 0.3 is 0 Å². The number of aromatic nitrogens is 2. The molecule has 1 aromatic rings. The van der Waals surface area contributed by atoms with E-state index < -0.39 is 0 Å². The van der Waals surface area contributed by atoms with Crippen LogP contribution in [0, 0.1) is 6.92 Å². The van der Waals surface area contributed by atoms with Gasteiger partial charge in [-0.25, -0.2) is 0 Å². The summed E-state index contributed by atoms with van der Waals surface area (Å²) < 4.78 is 1.88. The molecule has 4 nitrogen and oxygen atoms in total. The maximum atomic E-state index is 8.68. The third kappa shape index (κ3) is 2.32. The molecule has 4 heteroatoms. The predicted molar refractivity (Wildman–Crippen MR) is 46.6 cm³/mol. The third-order valence-electron chi connectivity index (χ3n) is 1.88. The van der Waals surface area contributed by atoms with Gasteiger partial charge in [0.2, 0.25) is 0 Å². The van der Waals surface area contributed by atoms with Crippen LogP contribution in [0.2, 0.25) is 0 Å². The van der Waals surface area contributed by atoms with E-state index in [0.717, 1.165) is 18.7 Å². The largest absolute Gasteiger partial charge is 0.395 e. The summed E-state index contributed by atoms with van der Waals surface area (Å²) in [6.07, 6.45) is 2.53. The number of rotatable bonds is 4. The second-order valence-electron chi connectivity index (χ2n) is 2.93. The molecule has 0 fully saturated rings. The second kappa shape index (κ2) is 4.23. The summed E-state index contributed by atoms with van der Waals surface area (Å²) in [7, 11) is 0. The van der Waals surface area contributed by atoms with Crippen LogP contribution >= 0.6 is 0 Å². The molecule has 0 radical (unpaired) electrons. The Morgan fingerprint density at radius 2 is 2.50 bits per heavy atom. The van der Waals surface area contributed by atoms with Crippen molar-refractivity contribution in [2.75, 3.05) is 6.61 Å². The van der Waals surface area contributed by atoms with Crippen molar-refractivity contribution >= 4 is 0 Å². The first-order valence-electron chi connectivity index (χ1n) is 4.09. The smallest absolute Gasteiger partial charge is 0.0583 e. The standard InChI is InChI=1S/C8H15N3O/c1-7-2-4-10-11(7)5-3-8(9)6-12/h2,4,8,12H,3,5-6,9H2,1H3. The topological polar surface area (TPSA) is 64.1 Å². The number of hydrogen-bond acceptors (Lipinski definition) is 3. The molecule has 0 aliphatic carbocycles. The fraction of sp³-hybridized carbons (Fsp3) is 0.625. The first kappa shape index (κ1) is 9.22. The molecule has 1 aromatic heterocycles. The Balaban J connectivity index is 2.38. The zero-order valence-corrected chi connectivity index (χ0v) is 7.27. The van der Waals surface area contributed by atoms with Gasteiger partial charge in [0, 0.05) is 24.5 Å². The molecule has 68 valence electrons. The molecule has 0 saturated carbocycles. The minimum absolute atomic E-state index is 0.0420. The van der Waals surface area contributed by atoms with Gasteiger partial charge in [0.05, 0.1) is 6.61 Å². The molecule has 0 saturated heterocycles. The van der Waals surface area contributed by atoms with Gasteiger partial charge in [0.25, 0.3) is 0 Å². The number of hydrogen-bond donors (Lipinski definition) is 2. The molecule has 1 rings (SSSR count). The highest BCUT2D eigenvalue weighted by Crippen LogP contribution is 1.98. The molecule has 0 amide bonds. The van der Waals surface area contributed by atoms with Crippen LogP contribution in [0.1, 0.15) is 12.1 Å². The lowest BCUT2D eigenvalue weighted by Crippen LogP contribution is -2.26. The Labute approximate surface area is 72.0 Å². The summed E-state index contributed by atoms with van der Waals surface area (Å²) >= 11 is 0. The molecule has 12 heavy (non-hydrogen) atoms. The van der Waals surface area contributed by atoms with E-state index in [1.807, 2.05) is 17.7 Å². The van der Waals surface area contributed by atoms with Gasteiger partial charge in [-0.05, 0) is 19.4 Å². The molecule has 3 N–H and O–H groups in total. The number of aryl methyl sites for hydroxylation is 2. The van der Waals surface area contributed by atoms with Crippen molar-refractivity contribution < 1.29 is 5.11 Å². The Morgan fingerprint density at radius 3 is 3.00 bits per heavy atom. The predicted octanol–water partition coefficient (Wildman–Crippen LogP) is -0.0988. The zero-order chi connectivity index (χ0) is 8.97. The van der Waals surface area contributed by atoms with E-state index in [9.17, 15) is 0 Å². The Kier molecular flexibility index (Phi) is 3.25. The maximum Gasteiger partial charge on any atom is 0.0583 e. The van der Waals surface area contributed by atoms with Crippen LogP contribution in [-0.4, -0.2) is 27.5 Å². The summed E-state index contributed by atoms with van der Waals surface area (Å²) in [6, 6.07) is 1.82. The van der Waals surface area contributed by atoms with E-state index >= 15 is 0 Å². The van der Waals surface area contributed by atoms with Crippen LogP contribution < -0.4 is 5.73 Å². The van der Waals surface area contributed by atoms with E-state index in [0.29, 0.717) is 0 Å². The molecule has 0 bridgehead atoms. The third-order valence-corrected chi connectivity index (χ3v) is 1.88. The lowest BCUT2D eigenvalue weighted by atomic mass is 10.2. The normalized spacial score (nSPS) is 13.2. The highest BCUT2D eigenvalue weighted by molar-refractivity contribution is 4.96. The maximum absolute atomic E-state index is 8.68. The first-order chi connectivity index (χ1) is 5.74. The van der Waals surface area contributed by atoms with Gasteiger partial charge in [0.15, 0.2) is 0 Å². The fourth-order valence-corrected chi connectivity index (χ4v) is 1.01. The van der Waals surface area contributed by atoms with Crippen molar-refractivity contribution in [3.05, 3.63) is 18.0 Å². The first-order valence-corrected chi connectivity index (χ1v) is 4.09. The van der Waals surface area contributed by atoms with Crippen LogP contribution in [0.4, 0.5) is 0 Å². The van der Waals surface area contributed by atoms with Crippen molar-refractivity contribution in [2.24, 2.45) is 5.73 Å². The number of nitrogens with two attached hydrogens (primary N) is 1. The van der Waals surface area contributed by atoms with Crippen LogP contribution in [0.15, 0.2) is 12.3 Å². The summed E-state index contributed by atoms with van der Waals surface area (Å²) in [4.78, 5) is 0. The number of aliphatic hydroxyl groups is 1. The molecule has 1 atom stereocenters. The Bertz CT molecular complexity index is 234.